The standard InChI is InChI=1S/C17H22N6O4S2/c18-16-20-21-17(23(16)13-3-4-13)28-11-15(24)19-12-1-5-14(6-2-12)29(25,26)22-7-9-27-10-8-22/h1-2,5-6,13H,3-4,7-11H2,(H2,18,20)(H,19,24). The summed E-state index contributed by atoms with van der Waals surface area (Å²) in [5.74, 6) is 0.300. The molecule has 1 saturated carbocycles. The molecule has 0 spiro atoms. The number of carbonyl (C=O) groups excluding carboxylic acids is 1. The van der Waals surface area contributed by atoms with E-state index in [9.17, 15) is 13.2 Å². The Kier molecular flexibility index (Phi) is 5.76. The Bertz CT molecular complexity index is 982. The summed E-state index contributed by atoms with van der Waals surface area (Å²) >= 11 is 1.27. The van der Waals surface area contributed by atoms with E-state index >= 15 is 0 Å². The minimum atomic E-state index is -3.55. The van der Waals surface area contributed by atoms with Gasteiger partial charge in [0.05, 0.1) is 23.9 Å². The first-order valence-corrected chi connectivity index (χ1v) is 11.7. The van der Waals surface area contributed by atoms with Crippen molar-refractivity contribution in [2.75, 3.05) is 43.1 Å². The number of rotatable bonds is 7. The van der Waals surface area contributed by atoms with Crippen LogP contribution in [0.15, 0.2) is 34.3 Å². The van der Waals surface area contributed by atoms with Crippen LogP contribution in [0.2, 0.25) is 0 Å². The van der Waals surface area contributed by atoms with Gasteiger partial charge >= 0.3 is 0 Å². The van der Waals surface area contributed by atoms with Crippen LogP contribution in [0.3, 0.4) is 0 Å². The van der Waals surface area contributed by atoms with Gasteiger partial charge in [0.1, 0.15) is 0 Å². The normalized spacial score (nSPS) is 17.9. The van der Waals surface area contributed by atoms with Crippen LogP contribution in [0, 0.1) is 0 Å². The topological polar surface area (TPSA) is 132 Å². The molecule has 1 aromatic carbocycles. The molecule has 0 radical (unpaired) electrons. The quantitative estimate of drug-likeness (QED) is 0.611. The number of nitrogens with zero attached hydrogens (tertiary/aromatic N) is 4. The summed E-state index contributed by atoms with van der Waals surface area (Å²) in [6.45, 7) is 1.47. The number of sulfonamides is 1. The first-order valence-electron chi connectivity index (χ1n) is 9.26. The molecule has 12 heteroatoms. The fraction of sp³-hybridized carbons (Fsp3) is 0.471. The molecule has 1 aliphatic heterocycles. The summed E-state index contributed by atoms with van der Waals surface area (Å²) in [6.07, 6.45) is 2.09. The molecule has 2 aliphatic rings. The van der Waals surface area contributed by atoms with Crippen LogP contribution in [0.4, 0.5) is 11.6 Å². The summed E-state index contributed by atoms with van der Waals surface area (Å²) in [5, 5.41) is 11.3. The molecule has 2 aromatic rings. The van der Waals surface area contributed by atoms with Crippen molar-refractivity contribution in [2.45, 2.75) is 28.9 Å². The van der Waals surface area contributed by atoms with Crippen molar-refractivity contribution in [3.05, 3.63) is 24.3 Å². The van der Waals surface area contributed by atoms with Gasteiger partial charge in [0.15, 0.2) is 5.16 Å². The number of morpholine rings is 1. The number of thioether (sulfide) groups is 1. The molecule has 1 amide bonds. The van der Waals surface area contributed by atoms with Crippen LogP contribution >= 0.6 is 11.8 Å². The molecule has 0 atom stereocenters. The van der Waals surface area contributed by atoms with E-state index < -0.39 is 10.0 Å². The number of ether oxygens (including phenoxy) is 1. The monoisotopic (exact) mass is 438 g/mol. The van der Waals surface area contributed by atoms with Crippen LogP contribution in [0.5, 0.6) is 0 Å². The van der Waals surface area contributed by atoms with Crippen molar-refractivity contribution in [3.63, 3.8) is 0 Å². The molecule has 1 saturated heterocycles. The third kappa shape index (κ3) is 4.55. The molecule has 29 heavy (non-hydrogen) atoms. The maximum Gasteiger partial charge on any atom is 0.243 e. The predicted octanol–water partition coefficient (Wildman–Crippen LogP) is 0.947. The number of carbonyl (C=O) groups is 1. The van der Waals surface area contributed by atoms with Gasteiger partial charge in [-0.2, -0.15) is 4.31 Å². The highest BCUT2D eigenvalue weighted by Gasteiger charge is 2.29. The van der Waals surface area contributed by atoms with E-state index in [4.69, 9.17) is 10.5 Å². The van der Waals surface area contributed by atoms with Crippen LogP contribution in [0.1, 0.15) is 18.9 Å². The molecule has 3 N–H and O–H groups in total. The first kappa shape index (κ1) is 20.1. The number of nitrogens with one attached hydrogen (secondary N) is 1. The minimum Gasteiger partial charge on any atom is -0.379 e. The van der Waals surface area contributed by atoms with Gasteiger partial charge < -0.3 is 15.8 Å². The number of aromatic nitrogens is 3. The van der Waals surface area contributed by atoms with Crippen LogP contribution < -0.4 is 11.1 Å². The third-order valence-electron chi connectivity index (χ3n) is 4.68. The molecule has 0 unspecified atom stereocenters. The van der Waals surface area contributed by atoms with E-state index in [2.05, 4.69) is 15.5 Å². The molecular formula is C17H22N6O4S2. The van der Waals surface area contributed by atoms with E-state index in [1.54, 1.807) is 12.1 Å². The lowest BCUT2D eigenvalue weighted by Crippen LogP contribution is -2.40. The van der Waals surface area contributed by atoms with Gasteiger partial charge in [0.25, 0.3) is 0 Å². The van der Waals surface area contributed by atoms with Crippen molar-refractivity contribution >= 4 is 39.3 Å². The van der Waals surface area contributed by atoms with Crippen molar-refractivity contribution < 1.29 is 17.9 Å². The molecule has 156 valence electrons. The second-order valence-corrected chi connectivity index (χ2v) is 9.70. The van der Waals surface area contributed by atoms with Gasteiger partial charge in [0, 0.05) is 24.8 Å². The molecule has 2 heterocycles. The number of anilines is 2. The van der Waals surface area contributed by atoms with E-state index in [0.29, 0.717) is 49.1 Å². The van der Waals surface area contributed by atoms with Crippen molar-refractivity contribution in [1.82, 2.24) is 19.1 Å². The fourth-order valence-corrected chi connectivity index (χ4v) is 5.26. The fourth-order valence-electron chi connectivity index (χ4n) is 3.04. The number of benzene rings is 1. The SMILES string of the molecule is Nc1nnc(SCC(=O)Nc2ccc(S(=O)(=O)N3CCOCC3)cc2)n1C1CC1. The molecule has 0 bridgehead atoms. The van der Waals surface area contributed by atoms with E-state index in [1.807, 2.05) is 4.57 Å². The van der Waals surface area contributed by atoms with Gasteiger partial charge in [-0.1, -0.05) is 11.8 Å². The Morgan fingerprint density at radius 2 is 1.90 bits per heavy atom. The first-order chi connectivity index (χ1) is 13.9. The number of hydrogen-bond acceptors (Lipinski definition) is 8. The molecular weight excluding hydrogens is 416 g/mol. The number of nitrogen functional groups attached to an aromatic ring is 1. The van der Waals surface area contributed by atoms with E-state index in [-0.39, 0.29) is 16.6 Å². The van der Waals surface area contributed by atoms with Crippen LogP contribution in [0.25, 0.3) is 0 Å². The lowest BCUT2D eigenvalue weighted by molar-refractivity contribution is -0.113. The summed E-state index contributed by atoms with van der Waals surface area (Å²) in [5.41, 5.74) is 6.36. The predicted molar refractivity (Wildman–Crippen MR) is 108 cm³/mol. The summed E-state index contributed by atoms with van der Waals surface area (Å²) in [4.78, 5) is 12.5. The summed E-state index contributed by atoms with van der Waals surface area (Å²) in [7, 11) is -3.55. The number of amides is 1. The van der Waals surface area contributed by atoms with Crippen molar-refractivity contribution in [2.24, 2.45) is 0 Å². The van der Waals surface area contributed by atoms with E-state index in [0.717, 1.165) is 12.8 Å². The lowest BCUT2D eigenvalue weighted by Gasteiger charge is -2.26. The molecule has 10 nitrogen and oxygen atoms in total. The summed E-state index contributed by atoms with van der Waals surface area (Å²) in [6, 6.07) is 6.49. The Balaban J connectivity index is 1.34. The van der Waals surface area contributed by atoms with Crippen molar-refractivity contribution in [3.8, 4) is 0 Å². The Morgan fingerprint density at radius 1 is 1.21 bits per heavy atom. The van der Waals surface area contributed by atoms with Crippen molar-refractivity contribution in [1.29, 1.82) is 0 Å². The zero-order chi connectivity index (χ0) is 20.4. The second-order valence-electron chi connectivity index (χ2n) is 6.82. The van der Waals surface area contributed by atoms with Gasteiger partial charge in [-0.3, -0.25) is 9.36 Å². The highest BCUT2D eigenvalue weighted by Crippen LogP contribution is 2.39. The Morgan fingerprint density at radius 3 is 2.55 bits per heavy atom. The molecule has 4 rings (SSSR count). The summed E-state index contributed by atoms with van der Waals surface area (Å²) < 4.78 is 33.7. The van der Waals surface area contributed by atoms with Gasteiger partial charge in [-0.15, -0.1) is 10.2 Å². The Hall–Kier alpha value is -2.15. The maximum absolute atomic E-state index is 12.6. The lowest BCUT2D eigenvalue weighted by atomic mass is 10.3. The van der Waals surface area contributed by atoms with Gasteiger partial charge in [0.2, 0.25) is 21.9 Å². The van der Waals surface area contributed by atoms with Gasteiger partial charge in [-0.25, -0.2) is 8.42 Å². The molecule has 2 fully saturated rings. The zero-order valence-corrected chi connectivity index (χ0v) is 17.3. The zero-order valence-electron chi connectivity index (χ0n) is 15.7. The van der Waals surface area contributed by atoms with E-state index in [1.165, 1.54) is 28.2 Å². The average Bonchev–Trinajstić information content (AvgIpc) is 3.49. The average molecular weight is 439 g/mol. The molecule has 1 aromatic heterocycles. The highest BCUT2D eigenvalue weighted by molar-refractivity contribution is 7.99. The number of nitrogens with two attached hydrogens (primary N) is 1. The smallest absolute Gasteiger partial charge is 0.243 e. The minimum absolute atomic E-state index is 0.151. The largest absolute Gasteiger partial charge is 0.379 e. The highest BCUT2D eigenvalue weighted by atomic mass is 32.2. The van der Waals surface area contributed by atoms with Gasteiger partial charge in [-0.05, 0) is 37.1 Å². The molecule has 1 aliphatic carbocycles. The second kappa shape index (κ2) is 8.30. The van der Waals surface area contributed by atoms with Crippen LogP contribution in [-0.4, -0.2) is 65.5 Å². The third-order valence-corrected chi connectivity index (χ3v) is 7.54. The Labute approximate surface area is 172 Å². The van der Waals surface area contributed by atoms with Crippen LogP contribution in [-0.2, 0) is 19.6 Å². The maximum atomic E-state index is 12.6. The number of hydrogen-bond donors (Lipinski definition) is 2.